The van der Waals surface area contributed by atoms with Crippen LogP contribution in [0.25, 0.3) is 0 Å². The van der Waals surface area contributed by atoms with E-state index in [1.54, 1.807) is 25.1 Å². The number of anilines is 1. The lowest BCUT2D eigenvalue weighted by atomic mass is 10.2. The molecule has 1 aromatic carbocycles. The molecule has 0 aliphatic heterocycles. The first-order valence-corrected chi connectivity index (χ1v) is 6.38. The fourth-order valence-electron chi connectivity index (χ4n) is 1.40. The van der Waals surface area contributed by atoms with Gasteiger partial charge in [0, 0.05) is 11.8 Å². The molecule has 108 valence electrons. The highest BCUT2D eigenvalue weighted by Gasteiger charge is 2.16. The van der Waals surface area contributed by atoms with Gasteiger partial charge in [0.15, 0.2) is 6.10 Å². The van der Waals surface area contributed by atoms with Crippen LogP contribution in [0.5, 0.6) is 0 Å². The van der Waals surface area contributed by atoms with E-state index in [4.69, 9.17) is 4.74 Å². The second-order valence-electron chi connectivity index (χ2n) is 4.34. The Morgan fingerprint density at radius 2 is 2.15 bits per heavy atom. The summed E-state index contributed by atoms with van der Waals surface area (Å²) in [6, 6.07) is 4.37. The van der Waals surface area contributed by atoms with Crippen LogP contribution in [0, 0.1) is 12.7 Å². The summed E-state index contributed by atoms with van der Waals surface area (Å²) >= 11 is 0. The number of hydrogen-bond acceptors (Lipinski definition) is 3. The van der Waals surface area contributed by atoms with Crippen LogP contribution >= 0.6 is 0 Å². The Balaban J connectivity index is 2.59. The first kappa shape index (κ1) is 15.9. The van der Waals surface area contributed by atoms with E-state index in [1.165, 1.54) is 19.1 Å². The molecular formula is C15H18FNO3. The average molecular weight is 279 g/mol. The van der Waals surface area contributed by atoms with Crippen LogP contribution in [0.2, 0.25) is 0 Å². The number of halogens is 1. The summed E-state index contributed by atoms with van der Waals surface area (Å²) in [5, 5.41) is 2.49. The fourth-order valence-corrected chi connectivity index (χ4v) is 1.40. The molecule has 0 aliphatic rings. The normalized spacial score (nSPS) is 12.2. The quantitative estimate of drug-likeness (QED) is 0.666. The van der Waals surface area contributed by atoms with Crippen molar-refractivity contribution >= 4 is 17.6 Å². The van der Waals surface area contributed by atoms with E-state index in [1.807, 2.05) is 6.92 Å². The van der Waals surface area contributed by atoms with Crippen LogP contribution in [0.15, 0.2) is 30.4 Å². The van der Waals surface area contributed by atoms with Gasteiger partial charge in [-0.05, 0) is 38.0 Å². The molecule has 4 nitrogen and oxygen atoms in total. The van der Waals surface area contributed by atoms with Crippen LogP contribution in [0.4, 0.5) is 10.1 Å². The van der Waals surface area contributed by atoms with Crippen molar-refractivity contribution < 1.29 is 18.7 Å². The molecule has 0 radical (unpaired) electrons. The van der Waals surface area contributed by atoms with Gasteiger partial charge >= 0.3 is 5.97 Å². The van der Waals surface area contributed by atoms with Crippen LogP contribution in [-0.4, -0.2) is 18.0 Å². The molecular weight excluding hydrogens is 261 g/mol. The maximum atomic E-state index is 13.3. The van der Waals surface area contributed by atoms with Crippen LogP contribution in [-0.2, 0) is 14.3 Å². The molecule has 0 saturated carbocycles. The zero-order valence-electron chi connectivity index (χ0n) is 11.8. The lowest BCUT2D eigenvalue weighted by molar-refractivity contribution is -0.148. The van der Waals surface area contributed by atoms with Gasteiger partial charge in [-0.25, -0.2) is 9.18 Å². The van der Waals surface area contributed by atoms with E-state index in [0.29, 0.717) is 17.7 Å². The maximum absolute atomic E-state index is 13.3. The Bertz CT molecular complexity index is 526. The molecule has 0 unspecified atom stereocenters. The van der Waals surface area contributed by atoms with Crippen molar-refractivity contribution in [1.82, 2.24) is 0 Å². The van der Waals surface area contributed by atoms with Gasteiger partial charge in [0.05, 0.1) is 0 Å². The monoisotopic (exact) mass is 279 g/mol. The van der Waals surface area contributed by atoms with E-state index in [9.17, 15) is 14.0 Å². The van der Waals surface area contributed by atoms with Gasteiger partial charge < -0.3 is 10.1 Å². The molecule has 0 saturated heterocycles. The minimum atomic E-state index is -0.951. The number of rotatable bonds is 5. The minimum absolute atomic E-state index is 0.324. The summed E-state index contributed by atoms with van der Waals surface area (Å²) in [5.74, 6) is -1.49. The number of hydrogen-bond donors (Lipinski definition) is 1. The molecule has 0 spiro atoms. The summed E-state index contributed by atoms with van der Waals surface area (Å²) in [4.78, 5) is 23.1. The summed E-state index contributed by atoms with van der Waals surface area (Å²) in [5.41, 5.74) is 0.817. The van der Waals surface area contributed by atoms with Gasteiger partial charge in [0.1, 0.15) is 5.82 Å². The molecule has 20 heavy (non-hydrogen) atoms. The van der Waals surface area contributed by atoms with Gasteiger partial charge in [-0.15, -0.1) is 0 Å². The Hall–Kier alpha value is -2.17. The molecule has 1 aromatic rings. The van der Waals surface area contributed by atoms with E-state index >= 15 is 0 Å². The first-order chi connectivity index (χ1) is 9.43. The Morgan fingerprint density at radius 3 is 2.75 bits per heavy atom. The zero-order valence-corrected chi connectivity index (χ0v) is 11.8. The maximum Gasteiger partial charge on any atom is 0.331 e. The van der Waals surface area contributed by atoms with E-state index in [0.717, 1.165) is 0 Å². The average Bonchev–Trinajstić information content (AvgIpc) is 2.40. The molecule has 1 rings (SSSR count). The van der Waals surface area contributed by atoms with Crippen molar-refractivity contribution in [2.45, 2.75) is 33.3 Å². The van der Waals surface area contributed by atoms with E-state index in [2.05, 4.69) is 5.32 Å². The second-order valence-corrected chi connectivity index (χ2v) is 4.34. The third kappa shape index (κ3) is 4.84. The third-order valence-electron chi connectivity index (χ3n) is 2.59. The number of benzene rings is 1. The Morgan fingerprint density at radius 1 is 1.45 bits per heavy atom. The van der Waals surface area contributed by atoms with Gasteiger partial charge in [0.25, 0.3) is 5.91 Å². The number of allylic oxidation sites excluding steroid dienone is 1. The van der Waals surface area contributed by atoms with Crippen molar-refractivity contribution in [2.75, 3.05) is 5.32 Å². The van der Waals surface area contributed by atoms with Crippen LogP contribution in [0.1, 0.15) is 25.8 Å². The number of carbonyl (C=O) groups excluding carboxylic acids is 2. The molecule has 5 heteroatoms. The Kier molecular flexibility index (Phi) is 5.90. The second kappa shape index (κ2) is 7.43. The number of amides is 1. The smallest absolute Gasteiger partial charge is 0.331 e. The Labute approximate surface area is 117 Å². The highest BCUT2D eigenvalue weighted by atomic mass is 19.1. The van der Waals surface area contributed by atoms with Gasteiger partial charge in [-0.1, -0.05) is 19.1 Å². The number of esters is 1. The van der Waals surface area contributed by atoms with Gasteiger partial charge in [-0.2, -0.15) is 0 Å². The molecule has 0 heterocycles. The van der Waals surface area contributed by atoms with Crippen molar-refractivity contribution in [1.29, 1.82) is 0 Å². The summed E-state index contributed by atoms with van der Waals surface area (Å²) in [7, 11) is 0. The zero-order chi connectivity index (χ0) is 15.1. The summed E-state index contributed by atoms with van der Waals surface area (Å²) in [6.07, 6.45) is 2.67. The number of nitrogens with one attached hydrogen (secondary N) is 1. The molecule has 1 N–H and O–H groups in total. The summed E-state index contributed by atoms with van der Waals surface area (Å²) < 4.78 is 18.2. The predicted octanol–water partition coefficient (Wildman–Crippen LogP) is 2.97. The molecule has 0 fully saturated rings. The van der Waals surface area contributed by atoms with E-state index < -0.39 is 23.8 Å². The SMILES string of the molecule is CC/C=C/C(=O)O[C@H](C)C(=O)Nc1ccc(C)c(F)c1. The predicted molar refractivity (Wildman–Crippen MR) is 74.8 cm³/mol. The van der Waals surface area contributed by atoms with Crippen molar-refractivity contribution in [2.24, 2.45) is 0 Å². The summed E-state index contributed by atoms with van der Waals surface area (Å²) in [6.45, 7) is 4.97. The highest BCUT2D eigenvalue weighted by molar-refractivity contribution is 5.95. The number of ether oxygens (including phenoxy) is 1. The standard InChI is InChI=1S/C15H18FNO3/c1-4-5-6-14(18)20-11(3)15(19)17-12-8-7-10(2)13(16)9-12/h5-9,11H,4H2,1-3H3,(H,17,19)/b6-5+/t11-/m1/s1. The number of carbonyl (C=O) groups is 2. The minimum Gasteiger partial charge on any atom is -0.449 e. The topological polar surface area (TPSA) is 55.4 Å². The lowest BCUT2D eigenvalue weighted by Gasteiger charge is -2.12. The largest absolute Gasteiger partial charge is 0.449 e. The third-order valence-corrected chi connectivity index (χ3v) is 2.59. The molecule has 1 atom stereocenters. The molecule has 1 amide bonds. The highest BCUT2D eigenvalue weighted by Crippen LogP contribution is 2.14. The fraction of sp³-hybridized carbons (Fsp3) is 0.333. The van der Waals surface area contributed by atoms with Crippen molar-refractivity contribution in [3.8, 4) is 0 Å². The molecule has 0 bridgehead atoms. The van der Waals surface area contributed by atoms with Gasteiger partial charge in [0.2, 0.25) is 0 Å². The van der Waals surface area contributed by atoms with E-state index in [-0.39, 0.29) is 0 Å². The molecule has 0 aromatic heterocycles. The molecule has 0 aliphatic carbocycles. The first-order valence-electron chi connectivity index (χ1n) is 6.38. The van der Waals surface area contributed by atoms with Crippen LogP contribution < -0.4 is 5.32 Å². The number of aryl methyl sites for hydroxylation is 1. The van der Waals surface area contributed by atoms with Crippen LogP contribution in [0.3, 0.4) is 0 Å². The van der Waals surface area contributed by atoms with Crippen molar-refractivity contribution in [3.63, 3.8) is 0 Å². The van der Waals surface area contributed by atoms with Gasteiger partial charge in [-0.3, -0.25) is 4.79 Å². The lowest BCUT2D eigenvalue weighted by Crippen LogP contribution is -2.29. The van der Waals surface area contributed by atoms with Crippen molar-refractivity contribution in [3.05, 3.63) is 41.7 Å².